The highest BCUT2D eigenvalue weighted by Crippen LogP contribution is 2.48. The summed E-state index contributed by atoms with van der Waals surface area (Å²) >= 11 is 3.85. The molecule has 0 aliphatic heterocycles. The van der Waals surface area contributed by atoms with E-state index in [2.05, 4.69) is 235 Å². The molecule has 0 spiro atoms. The van der Waals surface area contributed by atoms with Crippen LogP contribution in [0.25, 0.3) is 61.9 Å². The standard InChI is InChI=1S/C62H56N2S2/c1-37(2)41-9-19-49(20-10-41)63(50-21-11-42(12-22-50)38(3)4)53-27-17-45-33-56-55-29-30-58-61(62(55)66-59(56)35-47(45)31-53)57-34-46-18-28-54(32-48(46)36-60(57)65-58)64(51-23-13-43(14-24-51)39(5)6)52-25-15-44(16-26-52)40(7)8/h9-40H,1-8H3. The minimum atomic E-state index is 0.483. The van der Waals surface area contributed by atoms with Crippen molar-refractivity contribution < 1.29 is 0 Å². The van der Waals surface area contributed by atoms with Crippen molar-refractivity contribution in [3.63, 3.8) is 0 Å². The first-order valence-electron chi connectivity index (χ1n) is 23.7. The number of anilines is 6. The summed E-state index contributed by atoms with van der Waals surface area (Å²) in [5, 5.41) is 10.4. The van der Waals surface area contributed by atoms with Crippen molar-refractivity contribution in [1.82, 2.24) is 0 Å². The van der Waals surface area contributed by atoms with Crippen LogP contribution in [0.2, 0.25) is 0 Å². The van der Waals surface area contributed by atoms with Crippen molar-refractivity contribution in [2.24, 2.45) is 0 Å². The van der Waals surface area contributed by atoms with E-state index in [-0.39, 0.29) is 0 Å². The second kappa shape index (κ2) is 16.8. The maximum Gasteiger partial charge on any atom is 0.0468 e. The van der Waals surface area contributed by atoms with Gasteiger partial charge in [-0.2, -0.15) is 0 Å². The number of hydrogen-bond acceptors (Lipinski definition) is 4. The topological polar surface area (TPSA) is 6.48 Å². The third-order valence-electron chi connectivity index (χ3n) is 13.7. The van der Waals surface area contributed by atoms with E-state index in [1.165, 1.54) is 107 Å². The average molecular weight is 893 g/mol. The van der Waals surface area contributed by atoms with Gasteiger partial charge in [0.1, 0.15) is 0 Å². The second-order valence-electron chi connectivity index (χ2n) is 19.4. The lowest BCUT2D eigenvalue weighted by Crippen LogP contribution is -2.10. The normalized spacial score (nSPS) is 12.2. The third kappa shape index (κ3) is 7.51. The van der Waals surface area contributed by atoms with Crippen LogP contribution in [-0.2, 0) is 0 Å². The molecule has 0 amide bonds. The lowest BCUT2D eigenvalue weighted by molar-refractivity contribution is 0.866. The first kappa shape index (κ1) is 42.2. The summed E-state index contributed by atoms with van der Waals surface area (Å²) in [6.07, 6.45) is 0. The summed E-state index contributed by atoms with van der Waals surface area (Å²) in [7, 11) is 0. The summed E-state index contributed by atoms with van der Waals surface area (Å²) in [5.74, 6) is 1.94. The van der Waals surface area contributed by atoms with Gasteiger partial charge >= 0.3 is 0 Å². The van der Waals surface area contributed by atoms with Crippen LogP contribution in [0.15, 0.2) is 170 Å². The van der Waals surface area contributed by atoms with Gasteiger partial charge in [0.25, 0.3) is 0 Å². The molecule has 11 rings (SSSR count). The third-order valence-corrected chi connectivity index (χ3v) is 16.0. The van der Waals surface area contributed by atoms with Gasteiger partial charge in [0, 0.05) is 74.5 Å². The summed E-state index contributed by atoms with van der Waals surface area (Å²) in [4.78, 5) is 4.81. The van der Waals surface area contributed by atoms with Gasteiger partial charge in [0.05, 0.1) is 0 Å². The fourth-order valence-electron chi connectivity index (χ4n) is 9.76. The Morgan fingerprint density at radius 2 is 0.652 bits per heavy atom. The summed E-state index contributed by atoms with van der Waals surface area (Å²) in [6, 6.07) is 64.8. The van der Waals surface area contributed by atoms with Crippen LogP contribution in [0.4, 0.5) is 34.1 Å². The molecule has 0 unspecified atom stereocenters. The number of benzene rings is 9. The van der Waals surface area contributed by atoms with Gasteiger partial charge in [-0.1, -0.05) is 122 Å². The van der Waals surface area contributed by atoms with Crippen molar-refractivity contribution in [1.29, 1.82) is 0 Å². The van der Waals surface area contributed by atoms with Gasteiger partial charge in [-0.3, -0.25) is 0 Å². The summed E-state index contributed by atoms with van der Waals surface area (Å²) < 4.78 is 5.36. The second-order valence-corrected chi connectivity index (χ2v) is 21.6. The zero-order valence-electron chi connectivity index (χ0n) is 39.2. The van der Waals surface area contributed by atoms with Crippen LogP contribution in [0.1, 0.15) is 101 Å². The monoisotopic (exact) mass is 892 g/mol. The van der Waals surface area contributed by atoms with Gasteiger partial charge in [0.2, 0.25) is 0 Å². The fourth-order valence-corrected chi connectivity index (χ4v) is 12.3. The Bertz CT molecular complexity index is 3470. The van der Waals surface area contributed by atoms with E-state index in [1.807, 2.05) is 22.7 Å². The van der Waals surface area contributed by atoms with Crippen LogP contribution in [0.5, 0.6) is 0 Å². The van der Waals surface area contributed by atoms with E-state index in [9.17, 15) is 0 Å². The molecule has 0 fully saturated rings. The molecule has 0 N–H and O–H groups in total. The molecule has 326 valence electrons. The molecule has 2 heterocycles. The molecule has 11 aromatic rings. The summed E-state index contributed by atoms with van der Waals surface area (Å²) in [5.41, 5.74) is 12.4. The zero-order valence-corrected chi connectivity index (χ0v) is 40.8. The lowest BCUT2D eigenvalue weighted by Gasteiger charge is -2.26. The molecule has 66 heavy (non-hydrogen) atoms. The SMILES string of the molecule is CC(C)c1ccc(N(c2ccc(C(C)C)cc2)c2ccc3cc4c(cc3c2)sc2c4ccc3sc4cc5cc(N(c6ccc(C(C)C)cc6)c6ccc(C(C)C)cc6)ccc5cc4c32)cc1. The van der Waals surface area contributed by atoms with E-state index in [0.717, 1.165) is 11.4 Å². The van der Waals surface area contributed by atoms with E-state index >= 15 is 0 Å². The quantitative estimate of drug-likeness (QED) is 0.135. The predicted octanol–water partition coefficient (Wildman–Crippen LogP) is 20.2. The molecule has 0 aliphatic carbocycles. The smallest absolute Gasteiger partial charge is 0.0468 e. The van der Waals surface area contributed by atoms with Crippen LogP contribution >= 0.6 is 22.7 Å². The maximum absolute atomic E-state index is 2.44. The number of hydrogen-bond donors (Lipinski definition) is 0. The molecule has 2 aromatic heterocycles. The van der Waals surface area contributed by atoms with Crippen molar-refractivity contribution in [3.05, 3.63) is 192 Å². The molecule has 0 aliphatic rings. The van der Waals surface area contributed by atoms with Crippen molar-refractivity contribution in [3.8, 4) is 0 Å². The van der Waals surface area contributed by atoms with E-state index in [0.29, 0.717) is 23.7 Å². The highest BCUT2D eigenvalue weighted by Gasteiger charge is 2.19. The lowest BCUT2D eigenvalue weighted by atomic mass is 10.0. The Morgan fingerprint density at radius 3 is 1.05 bits per heavy atom. The molecule has 4 heteroatoms. The minimum absolute atomic E-state index is 0.483. The van der Waals surface area contributed by atoms with Gasteiger partial charge in [-0.15, -0.1) is 22.7 Å². The van der Waals surface area contributed by atoms with Crippen molar-refractivity contribution >= 4 is 119 Å². The first-order valence-corrected chi connectivity index (χ1v) is 25.3. The molecule has 0 bridgehead atoms. The number of thiophene rings is 2. The highest BCUT2D eigenvalue weighted by atomic mass is 32.1. The average Bonchev–Trinajstić information content (AvgIpc) is 3.87. The van der Waals surface area contributed by atoms with Gasteiger partial charge in [-0.25, -0.2) is 0 Å². The minimum Gasteiger partial charge on any atom is -0.310 e. The van der Waals surface area contributed by atoms with Crippen LogP contribution < -0.4 is 9.80 Å². The molecule has 0 radical (unpaired) electrons. The molecule has 9 aromatic carbocycles. The van der Waals surface area contributed by atoms with E-state index in [4.69, 9.17) is 0 Å². The number of fused-ring (bicyclic) bond motifs is 9. The zero-order chi connectivity index (χ0) is 45.4. The Labute approximate surface area is 397 Å². The van der Waals surface area contributed by atoms with Crippen LogP contribution in [0.3, 0.4) is 0 Å². The van der Waals surface area contributed by atoms with E-state index < -0.39 is 0 Å². The van der Waals surface area contributed by atoms with Crippen molar-refractivity contribution in [2.45, 2.75) is 79.1 Å². The Hall–Kier alpha value is -6.46. The predicted molar refractivity (Wildman–Crippen MR) is 293 cm³/mol. The fraction of sp³-hybridized carbons (Fsp3) is 0.194. The maximum atomic E-state index is 2.44. The molecule has 0 saturated carbocycles. The molecule has 2 nitrogen and oxygen atoms in total. The van der Waals surface area contributed by atoms with Crippen molar-refractivity contribution in [2.75, 3.05) is 9.80 Å². The van der Waals surface area contributed by atoms with Crippen LogP contribution in [0, 0.1) is 0 Å². The van der Waals surface area contributed by atoms with Gasteiger partial charge in [0.15, 0.2) is 0 Å². The van der Waals surface area contributed by atoms with E-state index in [1.54, 1.807) is 0 Å². The Morgan fingerprint density at radius 1 is 0.288 bits per heavy atom. The summed E-state index contributed by atoms with van der Waals surface area (Å²) in [6.45, 7) is 18.1. The van der Waals surface area contributed by atoms with Gasteiger partial charge in [-0.05, 0) is 171 Å². The highest BCUT2D eigenvalue weighted by molar-refractivity contribution is 7.29. The van der Waals surface area contributed by atoms with Crippen LogP contribution in [-0.4, -0.2) is 0 Å². The number of rotatable bonds is 10. The number of nitrogens with zero attached hydrogens (tertiary/aromatic N) is 2. The molecule has 0 atom stereocenters. The first-order chi connectivity index (χ1) is 32.0. The Kier molecular flexibility index (Phi) is 10.7. The molecular weight excluding hydrogens is 837 g/mol. The largest absolute Gasteiger partial charge is 0.310 e. The molecular formula is C62H56N2S2. The molecule has 0 saturated heterocycles. The Balaban J connectivity index is 1.00. The van der Waals surface area contributed by atoms with Gasteiger partial charge < -0.3 is 9.80 Å².